The smallest absolute Gasteiger partial charge is 0.412 e. The SMILES string of the molecule is CC(C)(C)OC(=O)Nc1ccccc1C(Cc1ccccc1)C(C)(C)C. The topological polar surface area (TPSA) is 38.3 Å². The molecule has 0 aliphatic heterocycles. The second-order valence-electron chi connectivity index (χ2n) is 8.82. The lowest BCUT2D eigenvalue weighted by atomic mass is 9.73. The molecule has 0 saturated carbocycles. The molecule has 1 atom stereocenters. The molecule has 3 nitrogen and oxygen atoms in total. The minimum atomic E-state index is -0.521. The van der Waals surface area contributed by atoms with Crippen LogP contribution in [-0.4, -0.2) is 11.7 Å². The molecule has 0 saturated heterocycles. The van der Waals surface area contributed by atoms with Crippen molar-refractivity contribution in [2.75, 3.05) is 5.32 Å². The van der Waals surface area contributed by atoms with Crippen LogP contribution in [0.3, 0.4) is 0 Å². The van der Waals surface area contributed by atoms with Gasteiger partial charge >= 0.3 is 6.09 Å². The second kappa shape index (κ2) is 7.94. The first kappa shape index (κ1) is 20.0. The van der Waals surface area contributed by atoms with E-state index in [4.69, 9.17) is 4.74 Å². The summed E-state index contributed by atoms with van der Waals surface area (Å²) in [6.07, 6.45) is 0.495. The van der Waals surface area contributed by atoms with Crippen LogP contribution in [0.1, 0.15) is 58.6 Å². The predicted molar refractivity (Wildman–Crippen MR) is 109 cm³/mol. The van der Waals surface area contributed by atoms with Gasteiger partial charge < -0.3 is 4.74 Å². The van der Waals surface area contributed by atoms with E-state index in [2.05, 4.69) is 56.4 Å². The van der Waals surface area contributed by atoms with Crippen molar-refractivity contribution < 1.29 is 9.53 Å². The Labute approximate surface area is 157 Å². The van der Waals surface area contributed by atoms with E-state index in [0.29, 0.717) is 0 Å². The number of rotatable bonds is 4. The van der Waals surface area contributed by atoms with Crippen molar-refractivity contribution in [3.8, 4) is 0 Å². The van der Waals surface area contributed by atoms with Crippen molar-refractivity contribution in [1.29, 1.82) is 0 Å². The molecule has 3 heteroatoms. The first-order valence-electron chi connectivity index (χ1n) is 9.19. The fraction of sp³-hybridized carbons (Fsp3) is 0.435. The molecule has 2 rings (SSSR count). The van der Waals surface area contributed by atoms with Gasteiger partial charge in [0.15, 0.2) is 0 Å². The summed E-state index contributed by atoms with van der Waals surface area (Å²) in [5, 5.41) is 2.94. The average molecular weight is 354 g/mol. The van der Waals surface area contributed by atoms with Gasteiger partial charge in [0.05, 0.1) is 0 Å². The highest BCUT2D eigenvalue weighted by Crippen LogP contribution is 2.40. The molecule has 0 aliphatic carbocycles. The third-order valence-corrected chi connectivity index (χ3v) is 4.30. The van der Waals surface area contributed by atoms with Crippen LogP contribution in [0.25, 0.3) is 0 Å². The summed E-state index contributed by atoms with van der Waals surface area (Å²) in [7, 11) is 0. The van der Waals surface area contributed by atoms with Gasteiger partial charge in [0.25, 0.3) is 0 Å². The molecule has 0 aromatic heterocycles. The zero-order chi connectivity index (χ0) is 19.4. The second-order valence-corrected chi connectivity index (χ2v) is 8.82. The van der Waals surface area contributed by atoms with Crippen molar-refractivity contribution in [1.82, 2.24) is 0 Å². The van der Waals surface area contributed by atoms with Crippen LogP contribution in [-0.2, 0) is 11.2 Å². The largest absolute Gasteiger partial charge is 0.444 e. The molecule has 0 radical (unpaired) electrons. The summed E-state index contributed by atoms with van der Waals surface area (Å²) in [6.45, 7) is 12.3. The maximum absolute atomic E-state index is 12.3. The Morgan fingerprint density at radius 2 is 1.50 bits per heavy atom. The van der Waals surface area contributed by atoms with Crippen LogP contribution in [0.4, 0.5) is 10.5 Å². The first-order chi connectivity index (χ1) is 12.1. The molecule has 26 heavy (non-hydrogen) atoms. The summed E-state index contributed by atoms with van der Waals surface area (Å²) < 4.78 is 5.43. The molecule has 0 bridgehead atoms. The zero-order valence-electron chi connectivity index (χ0n) is 16.8. The third kappa shape index (κ3) is 5.91. The summed E-state index contributed by atoms with van der Waals surface area (Å²) in [4.78, 5) is 12.3. The zero-order valence-corrected chi connectivity index (χ0v) is 16.8. The summed E-state index contributed by atoms with van der Waals surface area (Å²) >= 11 is 0. The number of carbonyl (C=O) groups excluding carboxylic acids is 1. The number of hydrogen-bond donors (Lipinski definition) is 1. The fourth-order valence-electron chi connectivity index (χ4n) is 3.06. The molecule has 2 aromatic rings. The molecule has 0 aliphatic rings. The first-order valence-corrected chi connectivity index (χ1v) is 9.19. The van der Waals surface area contributed by atoms with Crippen LogP contribution in [0.2, 0.25) is 0 Å². The summed E-state index contributed by atoms with van der Waals surface area (Å²) in [5.41, 5.74) is 2.76. The highest BCUT2D eigenvalue weighted by Gasteiger charge is 2.29. The lowest BCUT2D eigenvalue weighted by Crippen LogP contribution is -2.28. The molecule has 2 aromatic carbocycles. The Morgan fingerprint density at radius 1 is 0.923 bits per heavy atom. The molecular formula is C23H31NO2. The maximum Gasteiger partial charge on any atom is 0.412 e. The Bertz CT molecular complexity index is 724. The number of benzene rings is 2. The van der Waals surface area contributed by atoms with Crippen LogP contribution in [0.15, 0.2) is 54.6 Å². The highest BCUT2D eigenvalue weighted by atomic mass is 16.6. The lowest BCUT2D eigenvalue weighted by molar-refractivity contribution is 0.0635. The Balaban J connectivity index is 2.32. The number of hydrogen-bond acceptors (Lipinski definition) is 2. The molecule has 1 unspecified atom stereocenters. The number of ether oxygens (including phenoxy) is 1. The third-order valence-electron chi connectivity index (χ3n) is 4.30. The van der Waals surface area contributed by atoms with Gasteiger partial charge in [0.2, 0.25) is 0 Å². The van der Waals surface area contributed by atoms with Gasteiger partial charge in [-0.25, -0.2) is 4.79 Å². The van der Waals surface area contributed by atoms with E-state index in [1.54, 1.807) is 0 Å². The summed E-state index contributed by atoms with van der Waals surface area (Å²) in [6, 6.07) is 18.5. The fourth-order valence-corrected chi connectivity index (χ4v) is 3.06. The van der Waals surface area contributed by atoms with Gasteiger partial charge in [-0.1, -0.05) is 69.3 Å². The van der Waals surface area contributed by atoms with Gasteiger partial charge in [-0.15, -0.1) is 0 Å². The van der Waals surface area contributed by atoms with Crippen molar-refractivity contribution in [3.63, 3.8) is 0 Å². The van der Waals surface area contributed by atoms with Gasteiger partial charge in [0.1, 0.15) is 5.60 Å². The van der Waals surface area contributed by atoms with Crippen molar-refractivity contribution >= 4 is 11.8 Å². The normalized spacial score (nSPS) is 13.2. The molecule has 0 spiro atoms. The number of anilines is 1. The molecular weight excluding hydrogens is 322 g/mol. The minimum Gasteiger partial charge on any atom is -0.444 e. The van der Waals surface area contributed by atoms with Crippen LogP contribution < -0.4 is 5.32 Å². The molecule has 140 valence electrons. The van der Waals surface area contributed by atoms with Gasteiger partial charge in [-0.2, -0.15) is 0 Å². The number of carbonyl (C=O) groups is 1. The van der Waals surface area contributed by atoms with Crippen molar-refractivity contribution in [2.45, 2.75) is 59.5 Å². The number of para-hydroxylation sites is 1. The van der Waals surface area contributed by atoms with E-state index in [9.17, 15) is 4.79 Å². The Morgan fingerprint density at radius 3 is 2.08 bits per heavy atom. The highest BCUT2D eigenvalue weighted by molar-refractivity contribution is 5.86. The average Bonchev–Trinajstić information content (AvgIpc) is 2.51. The van der Waals surface area contributed by atoms with Crippen LogP contribution >= 0.6 is 0 Å². The number of amides is 1. The predicted octanol–water partition coefficient (Wildman–Crippen LogP) is 6.41. The van der Waals surface area contributed by atoms with Crippen molar-refractivity contribution in [3.05, 3.63) is 65.7 Å². The maximum atomic E-state index is 12.3. The summed E-state index contributed by atoms with van der Waals surface area (Å²) in [5.74, 6) is 0.260. The van der Waals surface area contributed by atoms with E-state index < -0.39 is 11.7 Å². The monoisotopic (exact) mass is 353 g/mol. The van der Waals surface area contributed by atoms with E-state index in [1.165, 1.54) is 5.56 Å². The standard InChI is InChI=1S/C23H31NO2/c1-22(2,3)19(16-17-12-8-7-9-13-17)18-14-10-11-15-20(18)24-21(25)26-23(4,5)6/h7-15,19H,16H2,1-6H3,(H,24,25). The van der Waals surface area contributed by atoms with Crippen molar-refractivity contribution in [2.24, 2.45) is 5.41 Å². The van der Waals surface area contributed by atoms with Gasteiger partial charge in [-0.3, -0.25) is 5.32 Å². The minimum absolute atomic E-state index is 0.0432. The Hall–Kier alpha value is -2.29. The van der Waals surface area contributed by atoms with E-state index >= 15 is 0 Å². The van der Waals surface area contributed by atoms with E-state index in [0.717, 1.165) is 17.7 Å². The lowest BCUT2D eigenvalue weighted by Gasteiger charge is -2.33. The van der Waals surface area contributed by atoms with Gasteiger partial charge in [0, 0.05) is 5.69 Å². The Kier molecular flexibility index (Phi) is 6.12. The quantitative estimate of drug-likeness (QED) is 0.690. The molecule has 0 heterocycles. The van der Waals surface area contributed by atoms with Crippen LogP contribution in [0.5, 0.6) is 0 Å². The van der Waals surface area contributed by atoms with Gasteiger partial charge in [-0.05, 0) is 55.7 Å². The van der Waals surface area contributed by atoms with Crippen LogP contribution in [0, 0.1) is 5.41 Å². The van der Waals surface area contributed by atoms with E-state index in [-0.39, 0.29) is 11.3 Å². The molecule has 0 fully saturated rings. The molecule has 1 N–H and O–H groups in total. The number of nitrogens with one attached hydrogen (secondary N) is 1. The van der Waals surface area contributed by atoms with E-state index in [1.807, 2.05) is 45.0 Å². The molecule has 1 amide bonds.